The molecular formula is C21H23N3O3S. The lowest BCUT2D eigenvalue weighted by atomic mass is 10.00. The maximum atomic E-state index is 13.6. The topological polar surface area (TPSA) is 64.4 Å². The standard InChI is InChI=1S/C21H23N3O3S/c1-3-27-19-8-9-21(16(2)12-19)28(25,26)24-14-18(23-11-10-22-15-23)13-17-6-4-5-7-20(17)24/h4-12,15,18H,3,13-14H2,1-2H3. The van der Waals surface area contributed by atoms with E-state index >= 15 is 0 Å². The molecular weight excluding hydrogens is 374 g/mol. The number of ether oxygens (including phenoxy) is 1. The third-order valence-electron chi connectivity index (χ3n) is 5.06. The molecule has 0 radical (unpaired) electrons. The van der Waals surface area contributed by atoms with Crippen LogP contribution in [-0.2, 0) is 16.4 Å². The molecule has 0 saturated carbocycles. The van der Waals surface area contributed by atoms with Crippen LogP contribution in [0.2, 0.25) is 0 Å². The van der Waals surface area contributed by atoms with Gasteiger partial charge in [0.1, 0.15) is 5.75 Å². The number of rotatable bonds is 5. The van der Waals surface area contributed by atoms with Crippen LogP contribution in [0.1, 0.15) is 24.1 Å². The van der Waals surface area contributed by atoms with Crippen molar-refractivity contribution >= 4 is 15.7 Å². The van der Waals surface area contributed by atoms with Crippen LogP contribution in [0.15, 0.2) is 66.1 Å². The van der Waals surface area contributed by atoms with Crippen molar-refractivity contribution in [2.45, 2.75) is 31.2 Å². The van der Waals surface area contributed by atoms with Gasteiger partial charge in [-0.1, -0.05) is 18.2 Å². The molecule has 2 heterocycles. The summed E-state index contributed by atoms with van der Waals surface area (Å²) in [7, 11) is -3.72. The fourth-order valence-corrected chi connectivity index (χ4v) is 5.48. The minimum absolute atomic E-state index is 0.00446. The predicted octanol–water partition coefficient (Wildman–Crippen LogP) is 3.58. The second-order valence-electron chi connectivity index (χ2n) is 6.89. The lowest BCUT2D eigenvalue weighted by Gasteiger charge is -2.36. The molecule has 0 N–H and O–H groups in total. The normalized spacial score (nSPS) is 16.6. The van der Waals surface area contributed by atoms with E-state index in [1.54, 1.807) is 37.6 Å². The molecule has 1 aliphatic rings. The van der Waals surface area contributed by atoms with Crippen molar-refractivity contribution in [1.29, 1.82) is 0 Å². The maximum absolute atomic E-state index is 13.6. The van der Waals surface area contributed by atoms with Gasteiger partial charge in [0.15, 0.2) is 0 Å². The zero-order chi connectivity index (χ0) is 19.7. The molecule has 0 spiro atoms. The SMILES string of the molecule is CCOc1ccc(S(=O)(=O)N2CC(n3ccnc3)Cc3ccccc32)c(C)c1. The van der Waals surface area contributed by atoms with Gasteiger partial charge in [0, 0.05) is 12.4 Å². The number of fused-ring (bicyclic) bond motifs is 1. The van der Waals surface area contributed by atoms with Gasteiger partial charge in [0.25, 0.3) is 10.0 Å². The summed E-state index contributed by atoms with van der Waals surface area (Å²) in [5.41, 5.74) is 2.43. The van der Waals surface area contributed by atoms with E-state index in [0.29, 0.717) is 29.4 Å². The van der Waals surface area contributed by atoms with Gasteiger partial charge in [-0.05, 0) is 55.7 Å². The Morgan fingerprint density at radius 3 is 2.75 bits per heavy atom. The number of hydrogen-bond donors (Lipinski definition) is 0. The Bertz CT molecular complexity index is 1080. The first-order valence-electron chi connectivity index (χ1n) is 9.32. The summed E-state index contributed by atoms with van der Waals surface area (Å²) in [4.78, 5) is 4.42. The molecule has 3 aromatic rings. The number of sulfonamides is 1. The Labute approximate surface area is 165 Å². The van der Waals surface area contributed by atoms with E-state index in [0.717, 1.165) is 17.7 Å². The molecule has 1 atom stereocenters. The molecule has 1 unspecified atom stereocenters. The molecule has 0 bridgehead atoms. The van der Waals surface area contributed by atoms with E-state index in [4.69, 9.17) is 4.74 Å². The predicted molar refractivity (Wildman–Crippen MR) is 108 cm³/mol. The number of nitrogens with zero attached hydrogens (tertiary/aromatic N) is 3. The third kappa shape index (κ3) is 3.26. The Balaban J connectivity index is 1.77. The van der Waals surface area contributed by atoms with Crippen molar-refractivity contribution in [1.82, 2.24) is 9.55 Å². The summed E-state index contributed by atoms with van der Waals surface area (Å²) < 4.78 is 36.2. The minimum atomic E-state index is -3.72. The molecule has 6 nitrogen and oxygen atoms in total. The van der Waals surface area contributed by atoms with Gasteiger partial charge in [-0.25, -0.2) is 13.4 Å². The Morgan fingerprint density at radius 2 is 2.04 bits per heavy atom. The second-order valence-corrected chi connectivity index (χ2v) is 8.72. The largest absolute Gasteiger partial charge is 0.494 e. The third-order valence-corrected chi connectivity index (χ3v) is 7.00. The van der Waals surface area contributed by atoms with Crippen LogP contribution >= 0.6 is 0 Å². The smallest absolute Gasteiger partial charge is 0.264 e. The number of aromatic nitrogens is 2. The molecule has 2 aromatic carbocycles. The maximum Gasteiger partial charge on any atom is 0.264 e. The summed E-state index contributed by atoms with van der Waals surface area (Å²) >= 11 is 0. The second kappa shape index (κ2) is 7.31. The number of benzene rings is 2. The fraction of sp³-hybridized carbons (Fsp3) is 0.286. The highest BCUT2D eigenvalue weighted by atomic mass is 32.2. The van der Waals surface area contributed by atoms with Crippen LogP contribution < -0.4 is 9.04 Å². The number of imidazole rings is 1. The summed E-state index contributed by atoms with van der Waals surface area (Å²) in [6.07, 6.45) is 6.10. The highest BCUT2D eigenvalue weighted by Crippen LogP contribution is 2.36. The minimum Gasteiger partial charge on any atom is -0.494 e. The lowest BCUT2D eigenvalue weighted by Crippen LogP contribution is -2.40. The van der Waals surface area contributed by atoms with Crippen molar-refractivity contribution in [3.05, 3.63) is 72.3 Å². The van der Waals surface area contributed by atoms with Gasteiger partial charge in [-0.2, -0.15) is 0 Å². The first-order valence-corrected chi connectivity index (χ1v) is 10.8. The van der Waals surface area contributed by atoms with Crippen LogP contribution in [0.3, 0.4) is 0 Å². The van der Waals surface area contributed by atoms with E-state index in [1.807, 2.05) is 42.0 Å². The monoisotopic (exact) mass is 397 g/mol. The number of hydrogen-bond acceptors (Lipinski definition) is 4. The highest BCUT2D eigenvalue weighted by Gasteiger charge is 2.34. The summed E-state index contributed by atoms with van der Waals surface area (Å²) in [6.45, 7) is 4.61. The first kappa shape index (κ1) is 18.6. The quantitative estimate of drug-likeness (QED) is 0.660. The average molecular weight is 398 g/mol. The molecule has 146 valence electrons. The first-order chi connectivity index (χ1) is 13.5. The van der Waals surface area contributed by atoms with Gasteiger partial charge in [0.2, 0.25) is 0 Å². The molecule has 4 rings (SSSR count). The zero-order valence-electron chi connectivity index (χ0n) is 15.9. The Kier molecular flexibility index (Phi) is 4.85. The summed E-state index contributed by atoms with van der Waals surface area (Å²) in [5.74, 6) is 0.675. The number of aryl methyl sites for hydroxylation is 1. The molecule has 0 amide bonds. The van der Waals surface area contributed by atoms with Gasteiger partial charge < -0.3 is 9.30 Å². The number of anilines is 1. The molecule has 1 aliphatic heterocycles. The van der Waals surface area contributed by atoms with Gasteiger partial charge in [-0.3, -0.25) is 4.31 Å². The molecule has 0 saturated heterocycles. The van der Waals surface area contributed by atoms with Crippen LogP contribution in [0.5, 0.6) is 5.75 Å². The zero-order valence-corrected chi connectivity index (χ0v) is 16.8. The van der Waals surface area contributed by atoms with Crippen LogP contribution in [0.25, 0.3) is 0 Å². The fourth-order valence-electron chi connectivity index (χ4n) is 3.73. The average Bonchev–Trinajstić information content (AvgIpc) is 3.22. The van der Waals surface area contributed by atoms with Crippen molar-refractivity contribution in [3.8, 4) is 5.75 Å². The highest BCUT2D eigenvalue weighted by molar-refractivity contribution is 7.92. The lowest BCUT2D eigenvalue weighted by molar-refractivity contribution is 0.339. The van der Waals surface area contributed by atoms with E-state index in [-0.39, 0.29) is 6.04 Å². The van der Waals surface area contributed by atoms with E-state index < -0.39 is 10.0 Å². The van der Waals surface area contributed by atoms with Gasteiger partial charge in [-0.15, -0.1) is 0 Å². The van der Waals surface area contributed by atoms with Crippen molar-refractivity contribution in [3.63, 3.8) is 0 Å². The summed E-state index contributed by atoms with van der Waals surface area (Å²) in [6, 6.07) is 12.8. The van der Waals surface area contributed by atoms with Gasteiger partial charge >= 0.3 is 0 Å². The van der Waals surface area contributed by atoms with Crippen LogP contribution in [0.4, 0.5) is 5.69 Å². The van der Waals surface area contributed by atoms with E-state index in [1.165, 1.54) is 4.31 Å². The Hall–Kier alpha value is -2.80. The van der Waals surface area contributed by atoms with E-state index in [2.05, 4.69) is 4.98 Å². The van der Waals surface area contributed by atoms with Crippen molar-refractivity contribution in [2.24, 2.45) is 0 Å². The Morgan fingerprint density at radius 1 is 1.21 bits per heavy atom. The summed E-state index contributed by atoms with van der Waals surface area (Å²) in [5, 5.41) is 0. The number of para-hydroxylation sites is 1. The molecule has 0 fully saturated rings. The van der Waals surface area contributed by atoms with Crippen molar-refractivity contribution < 1.29 is 13.2 Å². The van der Waals surface area contributed by atoms with Crippen LogP contribution in [0, 0.1) is 6.92 Å². The molecule has 1 aromatic heterocycles. The molecule has 0 aliphatic carbocycles. The van der Waals surface area contributed by atoms with E-state index in [9.17, 15) is 8.42 Å². The van der Waals surface area contributed by atoms with Crippen LogP contribution in [-0.4, -0.2) is 31.1 Å². The van der Waals surface area contributed by atoms with Crippen molar-refractivity contribution in [2.75, 3.05) is 17.5 Å². The van der Waals surface area contributed by atoms with Gasteiger partial charge in [0.05, 0.1) is 36.1 Å². The molecule has 7 heteroatoms. The molecule has 28 heavy (non-hydrogen) atoms.